The van der Waals surface area contributed by atoms with E-state index in [1.54, 1.807) is 13.2 Å². The molecule has 0 aliphatic carbocycles. The maximum atomic E-state index is 11.1. The number of fused-ring (bicyclic) bond motifs is 1. The summed E-state index contributed by atoms with van der Waals surface area (Å²) in [5.41, 5.74) is 6.57. The Bertz CT molecular complexity index is 654. The van der Waals surface area contributed by atoms with Crippen molar-refractivity contribution < 1.29 is 14.3 Å². The number of nitrogens with zero attached hydrogens (tertiary/aromatic N) is 1. The van der Waals surface area contributed by atoms with Gasteiger partial charge in [-0.1, -0.05) is 12.1 Å². The van der Waals surface area contributed by atoms with Crippen LogP contribution in [0.3, 0.4) is 0 Å². The number of amides is 1. The van der Waals surface area contributed by atoms with Crippen molar-refractivity contribution in [2.75, 3.05) is 7.11 Å². The summed E-state index contributed by atoms with van der Waals surface area (Å²) in [6, 6.07) is 7.30. The number of carbonyl (C=O) groups excluding carboxylic acids is 1. The molecule has 0 aromatic heterocycles. The Kier molecular flexibility index (Phi) is 3.76. The van der Waals surface area contributed by atoms with Gasteiger partial charge in [0.1, 0.15) is 17.7 Å². The monoisotopic (exact) mass is 270 g/mol. The van der Waals surface area contributed by atoms with Gasteiger partial charge in [0.25, 0.3) is 5.91 Å². The quantitative estimate of drug-likeness (QED) is 0.670. The number of hydrogen-bond donors (Lipinski definition) is 1. The first-order valence-corrected chi connectivity index (χ1v) is 6.03. The second-order valence-corrected chi connectivity index (χ2v) is 4.32. The van der Waals surface area contributed by atoms with Crippen LogP contribution >= 0.6 is 0 Å². The van der Waals surface area contributed by atoms with Gasteiger partial charge >= 0.3 is 0 Å². The van der Waals surface area contributed by atoms with E-state index in [9.17, 15) is 4.79 Å². The molecule has 1 aliphatic heterocycles. The van der Waals surface area contributed by atoms with Crippen molar-refractivity contribution >= 4 is 12.0 Å². The zero-order valence-corrected chi connectivity index (χ0v) is 11.2. The van der Waals surface area contributed by atoms with Gasteiger partial charge in [-0.25, -0.2) is 0 Å². The summed E-state index contributed by atoms with van der Waals surface area (Å²) >= 11 is 0. The SMILES string of the molecule is COc1cccc2c1OC(C)C(C=C(C#N)C(N)=O)=C2. The predicted octanol–water partition coefficient (Wildman–Crippen LogP) is 1.79. The van der Waals surface area contributed by atoms with E-state index < -0.39 is 5.91 Å². The minimum Gasteiger partial charge on any atom is -0.493 e. The van der Waals surface area contributed by atoms with Gasteiger partial charge in [-0.05, 0) is 30.7 Å². The average molecular weight is 270 g/mol. The molecule has 0 fully saturated rings. The molecule has 1 amide bonds. The Hall–Kier alpha value is -2.74. The topological polar surface area (TPSA) is 85.3 Å². The summed E-state index contributed by atoms with van der Waals surface area (Å²) in [6.45, 7) is 1.83. The van der Waals surface area contributed by atoms with Gasteiger partial charge in [-0.15, -0.1) is 0 Å². The molecule has 1 heterocycles. The van der Waals surface area contributed by atoms with Crippen LogP contribution in [0.25, 0.3) is 6.08 Å². The second-order valence-electron chi connectivity index (χ2n) is 4.32. The molecule has 0 radical (unpaired) electrons. The molecule has 1 aliphatic rings. The summed E-state index contributed by atoms with van der Waals surface area (Å²) in [6.07, 6.45) is 3.00. The molecular formula is C15H14N2O3. The zero-order chi connectivity index (χ0) is 14.7. The fourth-order valence-electron chi connectivity index (χ4n) is 1.96. The van der Waals surface area contributed by atoms with Crippen LogP contribution in [0.5, 0.6) is 11.5 Å². The van der Waals surface area contributed by atoms with Crippen molar-refractivity contribution in [2.45, 2.75) is 13.0 Å². The lowest BCUT2D eigenvalue weighted by atomic mass is 10.00. The molecule has 1 aromatic rings. The zero-order valence-electron chi connectivity index (χ0n) is 11.2. The maximum Gasteiger partial charge on any atom is 0.259 e. The lowest BCUT2D eigenvalue weighted by Crippen LogP contribution is -2.20. The number of para-hydroxylation sites is 1. The van der Waals surface area contributed by atoms with Gasteiger partial charge in [0, 0.05) is 5.56 Å². The number of nitriles is 1. The van der Waals surface area contributed by atoms with Gasteiger partial charge in [-0.2, -0.15) is 5.26 Å². The third-order valence-electron chi connectivity index (χ3n) is 3.01. The Morgan fingerprint density at radius 1 is 1.55 bits per heavy atom. The summed E-state index contributed by atoms with van der Waals surface area (Å²) in [7, 11) is 1.57. The van der Waals surface area contributed by atoms with Crippen molar-refractivity contribution in [3.05, 3.63) is 41.0 Å². The van der Waals surface area contributed by atoms with Gasteiger partial charge < -0.3 is 15.2 Å². The summed E-state index contributed by atoms with van der Waals surface area (Å²) in [5.74, 6) is 0.540. The second kappa shape index (κ2) is 5.49. The number of rotatable bonds is 3. The minimum absolute atomic E-state index is 0.0990. The molecule has 2 rings (SSSR count). The van der Waals surface area contributed by atoms with Crippen LogP contribution in [0.1, 0.15) is 12.5 Å². The maximum absolute atomic E-state index is 11.1. The van der Waals surface area contributed by atoms with Gasteiger partial charge in [0.05, 0.1) is 7.11 Å². The first kappa shape index (κ1) is 13.7. The highest BCUT2D eigenvalue weighted by molar-refractivity contribution is 5.96. The number of methoxy groups -OCH3 is 1. The molecule has 5 heteroatoms. The van der Waals surface area contributed by atoms with Crippen LogP contribution in [-0.2, 0) is 4.79 Å². The molecule has 1 aromatic carbocycles. The molecule has 102 valence electrons. The van der Waals surface area contributed by atoms with Crippen LogP contribution < -0.4 is 15.2 Å². The number of benzene rings is 1. The predicted molar refractivity (Wildman–Crippen MR) is 74.0 cm³/mol. The van der Waals surface area contributed by atoms with Crippen LogP contribution in [0.15, 0.2) is 35.4 Å². The summed E-state index contributed by atoms with van der Waals surface area (Å²) in [5, 5.41) is 8.88. The number of nitrogens with two attached hydrogens (primary N) is 1. The number of ether oxygens (including phenoxy) is 2. The fourth-order valence-corrected chi connectivity index (χ4v) is 1.96. The van der Waals surface area contributed by atoms with Gasteiger partial charge in [0.2, 0.25) is 0 Å². The first-order chi connectivity index (χ1) is 9.56. The van der Waals surface area contributed by atoms with E-state index in [0.29, 0.717) is 17.1 Å². The third-order valence-corrected chi connectivity index (χ3v) is 3.01. The number of carbonyl (C=O) groups is 1. The molecule has 0 saturated carbocycles. The van der Waals surface area contributed by atoms with E-state index in [0.717, 1.165) is 5.56 Å². The highest BCUT2D eigenvalue weighted by Crippen LogP contribution is 2.37. The molecule has 0 spiro atoms. The molecule has 5 nitrogen and oxygen atoms in total. The third kappa shape index (κ3) is 2.50. The minimum atomic E-state index is -0.753. The Labute approximate surface area is 116 Å². The molecule has 0 saturated heterocycles. The Morgan fingerprint density at radius 2 is 2.30 bits per heavy atom. The molecule has 0 bridgehead atoms. The molecule has 2 N–H and O–H groups in total. The lowest BCUT2D eigenvalue weighted by molar-refractivity contribution is -0.114. The van der Waals surface area contributed by atoms with Crippen LogP contribution in [0.2, 0.25) is 0 Å². The van der Waals surface area contributed by atoms with Crippen molar-refractivity contribution in [1.82, 2.24) is 0 Å². The van der Waals surface area contributed by atoms with E-state index in [-0.39, 0.29) is 11.7 Å². The largest absolute Gasteiger partial charge is 0.493 e. The van der Waals surface area contributed by atoms with Crippen molar-refractivity contribution in [3.63, 3.8) is 0 Å². The van der Waals surface area contributed by atoms with E-state index in [1.807, 2.05) is 31.2 Å². The highest BCUT2D eigenvalue weighted by atomic mass is 16.5. The lowest BCUT2D eigenvalue weighted by Gasteiger charge is -2.24. The van der Waals surface area contributed by atoms with Crippen molar-refractivity contribution in [3.8, 4) is 17.6 Å². The van der Waals surface area contributed by atoms with E-state index in [2.05, 4.69) is 0 Å². The first-order valence-electron chi connectivity index (χ1n) is 6.03. The average Bonchev–Trinajstić information content (AvgIpc) is 2.44. The van der Waals surface area contributed by atoms with Crippen molar-refractivity contribution in [1.29, 1.82) is 5.26 Å². The van der Waals surface area contributed by atoms with Gasteiger partial charge in [-0.3, -0.25) is 4.79 Å². The van der Waals surface area contributed by atoms with E-state index in [4.69, 9.17) is 20.5 Å². The van der Waals surface area contributed by atoms with Crippen molar-refractivity contribution in [2.24, 2.45) is 5.73 Å². The Morgan fingerprint density at radius 3 is 2.90 bits per heavy atom. The van der Waals surface area contributed by atoms with E-state index in [1.165, 1.54) is 6.08 Å². The molecule has 1 atom stereocenters. The van der Waals surface area contributed by atoms with Crippen LogP contribution in [0, 0.1) is 11.3 Å². The van der Waals surface area contributed by atoms with E-state index >= 15 is 0 Å². The smallest absolute Gasteiger partial charge is 0.259 e. The number of hydrogen-bond acceptors (Lipinski definition) is 4. The van der Waals surface area contributed by atoms with Crippen LogP contribution in [-0.4, -0.2) is 19.1 Å². The molecular weight excluding hydrogens is 256 g/mol. The normalized spacial score (nSPS) is 17.4. The molecule has 1 unspecified atom stereocenters. The van der Waals surface area contributed by atoms with Gasteiger partial charge in [0.15, 0.2) is 11.5 Å². The van der Waals surface area contributed by atoms with Crippen LogP contribution in [0.4, 0.5) is 0 Å². The standard InChI is InChI=1S/C15H14N2O3/c1-9-11(7-12(8-16)15(17)18)6-10-4-3-5-13(19-2)14(10)20-9/h3-7,9H,1-2H3,(H2,17,18). The summed E-state index contributed by atoms with van der Waals surface area (Å²) < 4.78 is 11.0. The Balaban J connectivity index is 2.49. The summed E-state index contributed by atoms with van der Waals surface area (Å²) in [4.78, 5) is 11.1. The highest BCUT2D eigenvalue weighted by Gasteiger charge is 2.21. The fraction of sp³-hybridized carbons (Fsp3) is 0.200. The molecule has 20 heavy (non-hydrogen) atoms. The number of primary amides is 1.